The van der Waals surface area contributed by atoms with Crippen molar-refractivity contribution in [1.82, 2.24) is 14.9 Å². The molecule has 1 N–H and O–H groups in total. The van der Waals surface area contributed by atoms with Gasteiger partial charge < -0.3 is 4.98 Å². The van der Waals surface area contributed by atoms with Crippen LogP contribution in [0.4, 0.5) is 0 Å². The van der Waals surface area contributed by atoms with Crippen LogP contribution in [0.5, 0.6) is 0 Å². The summed E-state index contributed by atoms with van der Waals surface area (Å²) >= 11 is 5.22. The Bertz CT molecular complexity index is 902. The maximum Gasteiger partial charge on any atom is 0.258 e. The minimum atomic E-state index is -0.0745. The van der Waals surface area contributed by atoms with Gasteiger partial charge in [-0.05, 0) is 41.6 Å². The van der Waals surface area contributed by atoms with Crippen LogP contribution in [-0.2, 0) is 19.5 Å². The minimum Gasteiger partial charge on any atom is -0.309 e. The van der Waals surface area contributed by atoms with E-state index < -0.39 is 0 Å². The third kappa shape index (κ3) is 2.62. The molecule has 1 aromatic carbocycles. The van der Waals surface area contributed by atoms with E-state index in [1.165, 1.54) is 10.4 Å². The van der Waals surface area contributed by atoms with E-state index in [2.05, 4.69) is 42.2 Å². The molecule has 0 atom stereocenters. The van der Waals surface area contributed by atoms with Gasteiger partial charge in [0.1, 0.15) is 5.82 Å². The second-order valence-corrected chi connectivity index (χ2v) is 7.42. The zero-order chi connectivity index (χ0) is 15.1. The molecule has 4 rings (SSSR count). The highest BCUT2D eigenvalue weighted by molar-refractivity contribution is 9.10. The first kappa shape index (κ1) is 14.1. The van der Waals surface area contributed by atoms with Crippen molar-refractivity contribution in [2.45, 2.75) is 19.5 Å². The summed E-state index contributed by atoms with van der Waals surface area (Å²) in [6, 6.07) is 7.80. The van der Waals surface area contributed by atoms with E-state index in [-0.39, 0.29) is 5.56 Å². The number of nitrogens with zero attached hydrogens (tertiary/aromatic N) is 2. The van der Waals surface area contributed by atoms with Crippen molar-refractivity contribution in [2.75, 3.05) is 6.54 Å². The van der Waals surface area contributed by atoms with Crippen molar-refractivity contribution in [3.05, 3.63) is 60.7 Å². The monoisotopic (exact) mass is 375 g/mol. The SMILES string of the molecule is O=c1[nH]c(CN2CCc3sccc3C2)nc2ccc(Br)cc12. The van der Waals surface area contributed by atoms with Gasteiger partial charge in [0.25, 0.3) is 5.56 Å². The van der Waals surface area contributed by atoms with Crippen LogP contribution in [0.25, 0.3) is 10.9 Å². The first-order chi connectivity index (χ1) is 10.7. The Hall–Kier alpha value is -1.50. The molecular weight excluding hydrogens is 362 g/mol. The maximum atomic E-state index is 12.2. The smallest absolute Gasteiger partial charge is 0.258 e. The molecule has 0 amide bonds. The number of aromatic amines is 1. The van der Waals surface area contributed by atoms with Crippen LogP contribution in [0.2, 0.25) is 0 Å². The van der Waals surface area contributed by atoms with Gasteiger partial charge in [-0.15, -0.1) is 11.3 Å². The number of nitrogens with one attached hydrogen (secondary N) is 1. The Kier molecular flexibility index (Phi) is 3.60. The molecule has 0 fully saturated rings. The van der Waals surface area contributed by atoms with Crippen LogP contribution in [0.15, 0.2) is 38.9 Å². The molecule has 0 radical (unpaired) electrons. The van der Waals surface area contributed by atoms with Gasteiger partial charge in [0.15, 0.2) is 0 Å². The predicted molar refractivity (Wildman–Crippen MR) is 92.2 cm³/mol. The highest BCUT2D eigenvalue weighted by Crippen LogP contribution is 2.24. The van der Waals surface area contributed by atoms with Crippen LogP contribution in [0, 0.1) is 0 Å². The average Bonchev–Trinajstić information content (AvgIpc) is 2.96. The number of H-pyrrole nitrogens is 1. The fourth-order valence-corrected chi connectivity index (χ4v) is 4.14. The first-order valence-corrected chi connectivity index (χ1v) is 8.82. The summed E-state index contributed by atoms with van der Waals surface area (Å²) < 4.78 is 0.890. The fourth-order valence-electron chi connectivity index (χ4n) is 2.89. The molecule has 0 aliphatic carbocycles. The molecule has 1 aliphatic rings. The van der Waals surface area contributed by atoms with Gasteiger partial charge in [-0.1, -0.05) is 15.9 Å². The van der Waals surface area contributed by atoms with Gasteiger partial charge in [0, 0.05) is 22.4 Å². The van der Waals surface area contributed by atoms with E-state index in [9.17, 15) is 4.79 Å². The van der Waals surface area contributed by atoms with Gasteiger partial charge in [0.2, 0.25) is 0 Å². The summed E-state index contributed by atoms with van der Waals surface area (Å²) in [6.07, 6.45) is 1.08. The summed E-state index contributed by atoms with van der Waals surface area (Å²) in [4.78, 5) is 23.6. The van der Waals surface area contributed by atoms with Gasteiger partial charge >= 0.3 is 0 Å². The van der Waals surface area contributed by atoms with Gasteiger partial charge in [-0.2, -0.15) is 0 Å². The highest BCUT2D eigenvalue weighted by Gasteiger charge is 2.18. The Morgan fingerprint density at radius 1 is 1.36 bits per heavy atom. The number of benzene rings is 1. The molecule has 1 aliphatic heterocycles. The van der Waals surface area contributed by atoms with E-state index in [1.54, 1.807) is 0 Å². The number of halogens is 1. The van der Waals surface area contributed by atoms with Crippen LogP contribution < -0.4 is 5.56 Å². The molecule has 6 heteroatoms. The summed E-state index contributed by atoms with van der Waals surface area (Å²) in [5.41, 5.74) is 2.08. The Balaban J connectivity index is 1.63. The Labute approximate surface area is 139 Å². The number of hydrogen-bond acceptors (Lipinski definition) is 4. The molecule has 0 saturated carbocycles. The lowest BCUT2D eigenvalue weighted by atomic mass is 10.1. The lowest BCUT2D eigenvalue weighted by Gasteiger charge is -2.26. The van der Waals surface area contributed by atoms with Crippen molar-refractivity contribution in [3.63, 3.8) is 0 Å². The van der Waals surface area contributed by atoms with Crippen molar-refractivity contribution in [3.8, 4) is 0 Å². The van der Waals surface area contributed by atoms with E-state index >= 15 is 0 Å². The lowest BCUT2D eigenvalue weighted by Crippen LogP contribution is -2.30. The lowest BCUT2D eigenvalue weighted by molar-refractivity contribution is 0.241. The molecule has 2 aromatic heterocycles. The quantitative estimate of drug-likeness (QED) is 0.747. The van der Waals surface area contributed by atoms with Gasteiger partial charge in [-0.25, -0.2) is 4.98 Å². The summed E-state index contributed by atoms with van der Waals surface area (Å²) in [5.74, 6) is 0.735. The Morgan fingerprint density at radius 2 is 2.27 bits per heavy atom. The number of thiophene rings is 1. The normalized spacial score (nSPS) is 15.1. The van der Waals surface area contributed by atoms with E-state index in [0.29, 0.717) is 11.9 Å². The van der Waals surface area contributed by atoms with Crippen LogP contribution in [-0.4, -0.2) is 21.4 Å². The van der Waals surface area contributed by atoms with Crippen LogP contribution >= 0.6 is 27.3 Å². The third-order valence-electron chi connectivity index (χ3n) is 3.98. The van der Waals surface area contributed by atoms with Crippen LogP contribution in [0.3, 0.4) is 0 Å². The zero-order valence-electron chi connectivity index (χ0n) is 11.8. The Morgan fingerprint density at radius 3 is 3.18 bits per heavy atom. The molecular formula is C16H14BrN3OS. The number of hydrogen-bond donors (Lipinski definition) is 1. The largest absolute Gasteiger partial charge is 0.309 e. The number of aromatic nitrogens is 2. The number of fused-ring (bicyclic) bond motifs is 2. The molecule has 4 nitrogen and oxygen atoms in total. The molecule has 22 heavy (non-hydrogen) atoms. The molecule has 0 bridgehead atoms. The second-order valence-electron chi connectivity index (χ2n) is 5.50. The molecule has 0 spiro atoms. The topological polar surface area (TPSA) is 49.0 Å². The predicted octanol–water partition coefficient (Wildman–Crippen LogP) is 3.31. The highest BCUT2D eigenvalue weighted by atomic mass is 79.9. The maximum absolute atomic E-state index is 12.2. The molecule has 3 heterocycles. The van der Waals surface area contributed by atoms with Crippen molar-refractivity contribution >= 4 is 38.2 Å². The zero-order valence-corrected chi connectivity index (χ0v) is 14.2. The summed E-state index contributed by atoms with van der Waals surface area (Å²) in [7, 11) is 0. The van der Waals surface area contributed by atoms with Gasteiger partial charge in [0.05, 0.1) is 17.4 Å². The second kappa shape index (κ2) is 5.61. The van der Waals surface area contributed by atoms with Crippen molar-refractivity contribution in [2.24, 2.45) is 0 Å². The van der Waals surface area contributed by atoms with E-state index in [1.807, 2.05) is 29.5 Å². The molecule has 3 aromatic rings. The van der Waals surface area contributed by atoms with Gasteiger partial charge in [-0.3, -0.25) is 9.69 Å². The average molecular weight is 376 g/mol. The first-order valence-electron chi connectivity index (χ1n) is 7.15. The number of rotatable bonds is 2. The van der Waals surface area contributed by atoms with Crippen molar-refractivity contribution < 1.29 is 0 Å². The van der Waals surface area contributed by atoms with Crippen LogP contribution in [0.1, 0.15) is 16.3 Å². The minimum absolute atomic E-state index is 0.0745. The third-order valence-corrected chi connectivity index (χ3v) is 5.49. The molecule has 0 saturated heterocycles. The standard InChI is InChI=1S/C16H14BrN3OS/c17-11-1-2-13-12(7-11)16(21)19-15(18-13)9-20-5-3-14-10(8-20)4-6-22-14/h1-2,4,6-7H,3,5,8-9H2,(H,18,19,21). The van der Waals surface area contributed by atoms with E-state index in [0.717, 1.165) is 35.3 Å². The summed E-state index contributed by atoms with van der Waals surface area (Å²) in [5, 5.41) is 2.78. The van der Waals surface area contributed by atoms with Crippen molar-refractivity contribution in [1.29, 1.82) is 0 Å². The van der Waals surface area contributed by atoms with E-state index in [4.69, 9.17) is 0 Å². The summed E-state index contributed by atoms with van der Waals surface area (Å²) in [6.45, 7) is 2.62. The molecule has 112 valence electrons. The molecule has 0 unspecified atom stereocenters. The fraction of sp³-hybridized carbons (Fsp3) is 0.250.